The van der Waals surface area contributed by atoms with Crippen molar-refractivity contribution in [2.24, 2.45) is 0 Å². The van der Waals surface area contributed by atoms with E-state index in [1.54, 1.807) is 6.20 Å². The van der Waals surface area contributed by atoms with Gasteiger partial charge in [-0.3, -0.25) is 9.78 Å². The van der Waals surface area contributed by atoms with Crippen molar-refractivity contribution >= 4 is 33.5 Å². The first kappa shape index (κ1) is 12.3. The molecule has 0 unspecified atom stereocenters. The van der Waals surface area contributed by atoms with E-state index in [-0.39, 0.29) is 5.56 Å². The van der Waals surface area contributed by atoms with Gasteiger partial charge in [0.2, 0.25) is 0 Å². The van der Waals surface area contributed by atoms with Gasteiger partial charge in [0.05, 0.1) is 14.8 Å². The molecule has 0 fully saturated rings. The van der Waals surface area contributed by atoms with Crippen molar-refractivity contribution < 1.29 is 0 Å². The van der Waals surface area contributed by atoms with E-state index >= 15 is 0 Å². The molecule has 1 N–H and O–H groups in total. The Morgan fingerprint density at radius 3 is 2.79 bits per heavy atom. The smallest absolute Gasteiger partial charge is 0.264 e. The Balaban J connectivity index is 2.34. The normalized spacial score (nSPS) is 10.8. The summed E-state index contributed by atoms with van der Waals surface area (Å²) in [5.41, 5.74) is 2.30. The number of hydrogen-bond donors (Lipinski definition) is 1. The Morgan fingerprint density at radius 1 is 1.21 bits per heavy atom. The standard InChI is InChI=1S/C14H10IN3O/c1-8-11(15)14(19)18-13(17-8)10-6-2-4-9-5-3-7-16-12(9)10/h2-7H,1H3,(H,17,18,19). The van der Waals surface area contributed by atoms with Gasteiger partial charge in [0.15, 0.2) is 0 Å². The third-order valence-electron chi connectivity index (χ3n) is 2.92. The summed E-state index contributed by atoms with van der Waals surface area (Å²) in [4.78, 5) is 23.5. The zero-order valence-electron chi connectivity index (χ0n) is 10.1. The number of nitrogens with zero attached hydrogens (tertiary/aromatic N) is 2. The van der Waals surface area contributed by atoms with E-state index in [1.165, 1.54) is 0 Å². The van der Waals surface area contributed by atoms with Gasteiger partial charge in [-0.2, -0.15) is 0 Å². The molecule has 2 aromatic heterocycles. The van der Waals surface area contributed by atoms with Crippen LogP contribution in [0.2, 0.25) is 0 Å². The maximum absolute atomic E-state index is 11.8. The Kier molecular flexibility index (Phi) is 3.06. The molecule has 0 amide bonds. The Bertz CT molecular complexity index is 821. The van der Waals surface area contributed by atoms with E-state index in [2.05, 4.69) is 15.0 Å². The second-order valence-corrected chi connectivity index (χ2v) is 5.27. The van der Waals surface area contributed by atoms with Crippen molar-refractivity contribution in [2.75, 3.05) is 0 Å². The summed E-state index contributed by atoms with van der Waals surface area (Å²) in [6, 6.07) is 9.72. The van der Waals surface area contributed by atoms with Gasteiger partial charge in [-0.05, 0) is 41.6 Å². The molecule has 1 aromatic carbocycles. The molecule has 0 saturated heterocycles. The lowest BCUT2D eigenvalue weighted by atomic mass is 10.1. The lowest BCUT2D eigenvalue weighted by molar-refractivity contribution is 1.05. The number of nitrogens with one attached hydrogen (secondary N) is 1. The highest BCUT2D eigenvalue weighted by molar-refractivity contribution is 14.1. The van der Waals surface area contributed by atoms with Crippen molar-refractivity contribution in [3.63, 3.8) is 0 Å². The summed E-state index contributed by atoms with van der Waals surface area (Å²) in [5, 5.41) is 1.03. The molecule has 94 valence electrons. The maximum atomic E-state index is 11.8. The molecule has 2 heterocycles. The third-order valence-corrected chi connectivity index (χ3v) is 4.19. The van der Waals surface area contributed by atoms with Crippen molar-refractivity contribution in [3.05, 3.63) is 56.1 Å². The average molecular weight is 363 g/mol. The Hall–Kier alpha value is -1.76. The summed E-state index contributed by atoms with van der Waals surface area (Å²) in [7, 11) is 0. The van der Waals surface area contributed by atoms with Gasteiger partial charge in [0.1, 0.15) is 5.82 Å². The molecule has 0 radical (unpaired) electrons. The minimum absolute atomic E-state index is 0.115. The van der Waals surface area contributed by atoms with Crippen LogP contribution < -0.4 is 5.56 Å². The fraction of sp³-hybridized carbons (Fsp3) is 0.0714. The van der Waals surface area contributed by atoms with Crippen LogP contribution in [0.1, 0.15) is 5.69 Å². The number of pyridine rings is 1. The monoisotopic (exact) mass is 363 g/mol. The second-order valence-electron chi connectivity index (χ2n) is 4.19. The first-order valence-corrected chi connectivity index (χ1v) is 6.85. The van der Waals surface area contributed by atoms with Gasteiger partial charge in [0.25, 0.3) is 5.56 Å². The number of halogens is 1. The molecule has 0 aliphatic heterocycles. The number of H-pyrrole nitrogens is 1. The van der Waals surface area contributed by atoms with Crippen LogP contribution in [0.15, 0.2) is 41.3 Å². The number of fused-ring (bicyclic) bond motifs is 1. The first-order chi connectivity index (χ1) is 9.16. The quantitative estimate of drug-likeness (QED) is 0.677. The van der Waals surface area contributed by atoms with Crippen LogP contribution in [0.5, 0.6) is 0 Å². The van der Waals surface area contributed by atoms with Crippen LogP contribution in [-0.4, -0.2) is 15.0 Å². The van der Waals surface area contributed by atoms with Gasteiger partial charge in [-0.15, -0.1) is 0 Å². The highest BCUT2D eigenvalue weighted by Crippen LogP contribution is 2.23. The van der Waals surface area contributed by atoms with E-state index in [9.17, 15) is 4.79 Å². The second kappa shape index (κ2) is 4.73. The minimum Gasteiger partial charge on any atom is -0.306 e. The zero-order valence-corrected chi connectivity index (χ0v) is 12.3. The fourth-order valence-corrected chi connectivity index (χ4v) is 2.25. The highest BCUT2D eigenvalue weighted by Gasteiger charge is 2.10. The van der Waals surface area contributed by atoms with Crippen molar-refractivity contribution in [3.8, 4) is 11.4 Å². The molecule has 0 bridgehead atoms. The van der Waals surface area contributed by atoms with Crippen LogP contribution in [0.25, 0.3) is 22.3 Å². The van der Waals surface area contributed by atoms with Crippen LogP contribution in [0.3, 0.4) is 0 Å². The van der Waals surface area contributed by atoms with Gasteiger partial charge in [0, 0.05) is 17.1 Å². The van der Waals surface area contributed by atoms with Crippen molar-refractivity contribution in [2.45, 2.75) is 6.92 Å². The third kappa shape index (κ3) is 2.14. The molecule has 0 saturated carbocycles. The number of hydrogen-bond acceptors (Lipinski definition) is 3. The fourth-order valence-electron chi connectivity index (χ4n) is 1.99. The molecule has 5 heteroatoms. The van der Waals surface area contributed by atoms with Gasteiger partial charge >= 0.3 is 0 Å². The zero-order chi connectivity index (χ0) is 13.4. The minimum atomic E-state index is -0.115. The van der Waals surface area contributed by atoms with E-state index in [0.29, 0.717) is 9.39 Å². The Labute approximate surface area is 123 Å². The molecule has 0 atom stereocenters. The summed E-state index contributed by atoms with van der Waals surface area (Å²) >= 11 is 2.00. The van der Waals surface area contributed by atoms with E-state index in [1.807, 2.05) is 59.8 Å². The molecule has 3 aromatic rings. The van der Waals surface area contributed by atoms with E-state index in [0.717, 1.165) is 22.2 Å². The molecule has 4 nitrogen and oxygen atoms in total. The lowest BCUT2D eigenvalue weighted by Gasteiger charge is -2.06. The average Bonchev–Trinajstić information content (AvgIpc) is 2.43. The number of aromatic amines is 1. The highest BCUT2D eigenvalue weighted by atomic mass is 127. The van der Waals surface area contributed by atoms with E-state index in [4.69, 9.17) is 0 Å². The van der Waals surface area contributed by atoms with Crippen LogP contribution in [-0.2, 0) is 0 Å². The number of aromatic nitrogens is 3. The topological polar surface area (TPSA) is 58.6 Å². The summed E-state index contributed by atoms with van der Waals surface area (Å²) in [6.07, 6.45) is 1.74. The lowest BCUT2D eigenvalue weighted by Crippen LogP contribution is -2.14. The number of rotatable bonds is 1. The SMILES string of the molecule is Cc1nc(-c2cccc3cccnc23)[nH]c(=O)c1I. The number of benzene rings is 1. The molecule has 0 aliphatic rings. The number of para-hydroxylation sites is 1. The maximum Gasteiger partial charge on any atom is 0.264 e. The summed E-state index contributed by atoms with van der Waals surface area (Å²) in [5.74, 6) is 0.562. The summed E-state index contributed by atoms with van der Waals surface area (Å²) in [6.45, 7) is 1.83. The van der Waals surface area contributed by atoms with E-state index < -0.39 is 0 Å². The van der Waals surface area contributed by atoms with Crippen LogP contribution in [0.4, 0.5) is 0 Å². The molecular formula is C14H10IN3O. The van der Waals surface area contributed by atoms with Crippen LogP contribution in [0, 0.1) is 10.5 Å². The first-order valence-electron chi connectivity index (χ1n) is 5.77. The van der Waals surface area contributed by atoms with Gasteiger partial charge in [-0.25, -0.2) is 4.98 Å². The van der Waals surface area contributed by atoms with Crippen molar-refractivity contribution in [1.29, 1.82) is 0 Å². The molecular weight excluding hydrogens is 353 g/mol. The molecule has 19 heavy (non-hydrogen) atoms. The molecule has 0 aliphatic carbocycles. The largest absolute Gasteiger partial charge is 0.306 e. The van der Waals surface area contributed by atoms with Crippen LogP contribution >= 0.6 is 22.6 Å². The predicted molar refractivity (Wildman–Crippen MR) is 83.0 cm³/mol. The molecule has 3 rings (SSSR count). The van der Waals surface area contributed by atoms with Gasteiger partial charge < -0.3 is 4.98 Å². The molecule has 0 spiro atoms. The predicted octanol–water partition coefficient (Wildman–Crippen LogP) is 2.90. The van der Waals surface area contributed by atoms with Gasteiger partial charge in [-0.1, -0.05) is 18.2 Å². The van der Waals surface area contributed by atoms with Crippen molar-refractivity contribution in [1.82, 2.24) is 15.0 Å². The number of aryl methyl sites for hydroxylation is 1. The Morgan fingerprint density at radius 2 is 2.00 bits per heavy atom. The summed E-state index contributed by atoms with van der Waals surface area (Å²) < 4.78 is 0.620.